The average Bonchev–Trinajstić information content (AvgIpc) is 2.74. The molecule has 0 bridgehead atoms. The lowest BCUT2D eigenvalue weighted by Gasteiger charge is -2.20. The van der Waals surface area contributed by atoms with E-state index in [-0.39, 0.29) is 25.1 Å². The Morgan fingerprint density at radius 2 is 1.56 bits per heavy atom. The van der Waals surface area contributed by atoms with Gasteiger partial charge in [-0.15, -0.1) is 0 Å². The van der Waals surface area contributed by atoms with Crippen LogP contribution < -0.4 is 10.6 Å². The summed E-state index contributed by atoms with van der Waals surface area (Å²) in [6.45, 7) is 1.27. The van der Waals surface area contributed by atoms with Crippen LogP contribution in [0.5, 0.6) is 0 Å². The number of hydrogen-bond donors (Lipinski definition) is 2. The average molecular weight is 934 g/mol. The number of carbonyl (C=O) groups is 2. The molecule has 2 aromatic rings. The maximum atomic E-state index is 13.8. The van der Waals surface area contributed by atoms with E-state index < -0.39 is 55.5 Å². The maximum Gasteiger partial charge on any atom is 0.417 e. The van der Waals surface area contributed by atoms with Gasteiger partial charge in [-0.2, -0.15) is 26.3 Å². The van der Waals surface area contributed by atoms with Crippen molar-refractivity contribution in [3.05, 3.63) is 72.6 Å². The van der Waals surface area contributed by atoms with Gasteiger partial charge < -0.3 is 10.6 Å². The second kappa shape index (κ2) is 13.5. The summed E-state index contributed by atoms with van der Waals surface area (Å²) >= 11 is 14.9. The highest BCUT2D eigenvalue weighted by Gasteiger charge is 2.40. The van der Waals surface area contributed by atoms with Gasteiger partial charge in [0.05, 0.1) is 34.7 Å². The minimum atomic E-state index is -5.03. The molecule has 0 saturated heterocycles. The summed E-state index contributed by atoms with van der Waals surface area (Å²) < 4.78 is 94.8. The van der Waals surface area contributed by atoms with Crippen LogP contribution in [-0.4, -0.2) is 25.8 Å². The predicted molar refractivity (Wildman–Crippen MR) is 158 cm³/mol. The fourth-order valence-electron chi connectivity index (χ4n) is 3.25. The molecule has 2 aromatic carbocycles. The van der Waals surface area contributed by atoms with E-state index in [9.17, 15) is 40.3 Å². The molecule has 0 aliphatic heterocycles. The van der Waals surface area contributed by atoms with E-state index in [1.807, 2.05) is 0 Å². The number of hydrogen-bond acceptors (Lipinski definition) is 2. The van der Waals surface area contributed by atoms with Gasteiger partial charge in [-0.1, -0.05) is 29.8 Å². The third-order valence-electron chi connectivity index (χ3n) is 4.88. The summed E-state index contributed by atoms with van der Waals surface area (Å²) in [6.07, 6.45) is -9.97. The highest BCUT2D eigenvalue weighted by molar-refractivity contribution is 14.2. The second-order valence-electron chi connectivity index (χ2n) is 8.03. The minimum absolute atomic E-state index is 0.145. The Kier molecular flexibility index (Phi) is 12.0. The number of halogens is 12. The first kappa shape index (κ1) is 34.5. The molecule has 0 aromatic heterocycles. The zero-order valence-corrected chi connectivity index (χ0v) is 27.5. The van der Waals surface area contributed by atoms with Crippen molar-refractivity contribution in [2.75, 3.05) is 0 Å². The van der Waals surface area contributed by atoms with Crippen LogP contribution >= 0.6 is 88.6 Å². The number of amides is 2. The Bertz CT molecular complexity index is 1250. The Morgan fingerprint density at radius 1 is 1.00 bits per heavy atom. The highest BCUT2D eigenvalue weighted by Crippen LogP contribution is 2.41. The van der Waals surface area contributed by atoms with Crippen molar-refractivity contribution in [1.29, 1.82) is 0 Å². The Hall–Kier alpha value is -0.660. The quantitative estimate of drug-likeness (QED) is 0.0913. The monoisotopic (exact) mass is 932 g/mol. The van der Waals surface area contributed by atoms with Crippen molar-refractivity contribution in [2.24, 2.45) is 0 Å². The summed E-state index contributed by atoms with van der Waals surface area (Å²) in [5, 5.41) is 4.56. The van der Waals surface area contributed by atoms with E-state index in [0.717, 1.165) is 30.3 Å². The van der Waals surface area contributed by atoms with Crippen LogP contribution in [0.25, 0.3) is 6.08 Å². The molecule has 0 spiro atoms. The van der Waals surface area contributed by atoms with Gasteiger partial charge in [-0.3, -0.25) is 9.59 Å². The van der Waals surface area contributed by atoms with Gasteiger partial charge in [0.25, 0.3) is 5.91 Å². The van der Waals surface area contributed by atoms with Crippen LogP contribution in [0.1, 0.15) is 46.3 Å². The van der Waals surface area contributed by atoms with E-state index >= 15 is 0 Å². The van der Waals surface area contributed by atoms with Crippen LogP contribution in [-0.2, 0) is 11.0 Å². The van der Waals surface area contributed by atoms with Gasteiger partial charge in [0.15, 0.2) is 0 Å². The lowest BCUT2D eigenvalue weighted by atomic mass is 9.96. The van der Waals surface area contributed by atoms with Crippen molar-refractivity contribution in [2.45, 2.75) is 39.5 Å². The lowest BCUT2D eigenvalue weighted by molar-refractivity contribution is -0.139. The third-order valence-corrected chi connectivity index (χ3v) is 7.76. The van der Waals surface area contributed by atoms with E-state index in [4.69, 9.17) is 11.6 Å². The largest absolute Gasteiger partial charge is 0.417 e. The van der Waals surface area contributed by atoms with Gasteiger partial charge in [0, 0.05) is 8.95 Å². The fourth-order valence-corrected chi connectivity index (χ4v) is 5.28. The molecule has 0 heterocycles. The molecular weight excluding hydrogens is 918 g/mol. The molecule has 1 unspecified atom stereocenters. The van der Waals surface area contributed by atoms with Crippen LogP contribution in [0.2, 0.25) is 5.02 Å². The van der Waals surface area contributed by atoms with Crippen molar-refractivity contribution >= 4 is 107 Å². The summed E-state index contributed by atoms with van der Waals surface area (Å²) in [4.78, 5) is 24.4. The Morgan fingerprint density at radius 3 is 2.05 bits per heavy atom. The zero-order valence-electron chi connectivity index (χ0n) is 19.3. The van der Waals surface area contributed by atoms with Crippen molar-refractivity contribution in [3.8, 4) is 0 Å². The SMILES string of the molecule is C[C@H](NC(=O)CC(F)(I)I)NC(=O)c1ccc(/C=C/C(c2cc(Br)c(Cl)c(Br)c2)C(F)(F)F)cc1C(F)(F)F. The smallest absolute Gasteiger partial charge is 0.336 e. The number of benzene rings is 2. The molecule has 2 amide bonds. The molecule has 4 nitrogen and oxygen atoms in total. The van der Waals surface area contributed by atoms with E-state index in [0.29, 0.717) is 12.1 Å². The van der Waals surface area contributed by atoms with Gasteiger partial charge >= 0.3 is 12.4 Å². The molecule has 0 aliphatic rings. The Labute approximate surface area is 267 Å². The molecule has 2 N–H and O–H groups in total. The fraction of sp³-hybridized carbons (Fsp3) is 0.304. The normalized spacial score (nSPS) is 14.3. The summed E-state index contributed by atoms with van der Waals surface area (Å²) in [5.74, 6) is -4.17. The van der Waals surface area contributed by atoms with Gasteiger partial charge in [0.2, 0.25) is 7.59 Å². The standard InChI is InChI=1S/C23H16Br2ClF7I2N2O2/c1-10(36-18(38)9-21(27,34)35)37-20(39)13-4-2-11(6-15(13)23(31,32)33)3-5-14(22(28,29)30)12-7-16(24)19(26)17(25)8-12/h2-8,10,14H,9H2,1H3,(H,36,38)(H,37,39)/b5-3+/t10-,14?/m1/s1. The maximum absolute atomic E-state index is 13.8. The van der Waals surface area contributed by atoms with E-state index in [1.54, 1.807) is 0 Å². The molecule has 0 aliphatic carbocycles. The van der Waals surface area contributed by atoms with Gasteiger partial charge in [-0.05, 0) is 119 Å². The van der Waals surface area contributed by atoms with E-state index in [1.165, 1.54) is 52.1 Å². The minimum Gasteiger partial charge on any atom is -0.336 e. The van der Waals surface area contributed by atoms with Crippen LogP contribution in [0.15, 0.2) is 45.4 Å². The molecule has 16 heteroatoms. The van der Waals surface area contributed by atoms with Crippen molar-refractivity contribution in [1.82, 2.24) is 10.6 Å². The highest BCUT2D eigenvalue weighted by atomic mass is 127. The Balaban J connectivity index is 2.36. The van der Waals surface area contributed by atoms with Crippen LogP contribution in [0.3, 0.4) is 0 Å². The molecule has 2 rings (SSSR count). The number of alkyl halides is 9. The first-order valence-corrected chi connectivity index (χ1v) is 14.6. The number of allylic oxidation sites excluding steroid dienone is 1. The lowest BCUT2D eigenvalue weighted by Crippen LogP contribution is -2.46. The molecule has 2 atom stereocenters. The summed E-state index contributed by atoms with van der Waals surface area (Å²) in [5.41, 5.74) is -2.69. The zero-order chi connectivity index (χ0) is 29.9. The first-order valence-electron chi connectivity index (χ1n) is 10.5. The van der Waals surface area contributed by atoms with Gasteiger partial charge in [-0.25, -0.2) is 4.39 Å². The molecular formula is C23H16Br2ClF7I2N2O2. The second-order valence-corrected chi connectivity index (χ2v) is 15.6. The summed E-state index contributed by atoms with van der Waals surface area (Å²) in [7, 11) is 0. The van der Waals surface area contributed by atoms with Gasteiger partial charge in [0.1, 0.15) is 0 Å². The van der Waals surface area contributed by atoms with Crippen LogP contribution in [0.4, 0.5) is 30.7 Å². The molecule has 39 heavy (non-hydrogen) atoms. The molecule has 0 radical (unpaired) electrons. The van der Waals surface area contributed by atoms with Crippen LogP contribution in [0, 0.1) is 0 Å². The molecule has 0 fully saturated rings. The predicted octanol–water partition coefficient (Wildman–Crippen LogP) is 9.32. The van der Waals surface area contributed by atoms with Crippen molar-refractivity contribution in [3.63, 3.8) is 0 Å². The van der Waals surface area contributed by atoms with E-state index in [2.05, 4.69) is 42.5 Å². The number of rotatable bonds is 8. The number of nitrogens with one attached hydrogen (secondary N) is 2. The molecule has 214 valence electrons. The summed E-state index contributed by atoms with van der Waals surface area (Å²) in [6, 6.07) is 4.70. The number of carbonyl (C=O) groups excluding carboxylic acids is 2. The third kappa shape index (κ3) is 10.6. The topological polar surface area (TPSA) is 58.2 Å². The van der Waals surface area contributed by atoms with Crippen molar-refractivity contribution < 1.29 is 40.3 Å². The molecule has 0 saturated carbocycles. The first-order chi connectivity index (χ1) is 17.7.